The molecule has 36 heavy (non-hydrogen) atoms. The molecule has 0 aromatic heterocycles. The van der Waals surface area contributed by atoms with Crippen molar-refractivity contribution in [2.24, 2.45) is 0 Å². The van der Waals surface area contributed by atoms with Crippen LogP contribution in [0.15, 0.2) is 66.7 Å². The van der Waals surface area contributed by atoms with Crippen molar-refractivity contribution in [3.8, 4) is 17.2 Å². The number of non-ortho nitro benzene ring substituents is 2. The van der Waals surface area contributed by atoms with Gasteiger partial charge < -0.3 is 19.3 Å². The van der Waals surface area contributed by atoms with Crippen LogP contribution in [-0.2, 0) is 0 Å². The first-order valence-corrected chi connectivity index (χ1v) is 10.6. The Morgan fingerprint density at radius 2 is 1.17 bits per heavy atom. The highest BCUT2D eigenvalue weighted by Crippen LogP contribution is 2.25. The van der Waals surface area contributed by atoms with Crippen LogP contribution in [0.3, 0.4) is 0 Å². The van der Waals surface area contributed by atoms with Crippen molar-refractivity contribution in [3.63, 3.8) is 0 Å². The van der Waals surface area contributed by atoms with Crippen molar-refractivity contribution in [3.05, 3.63) is 98.1 Å². The standard InChI is InChI=1S/C24H20N2O10/c27-11-1-2-12-34-20-5-3-16(4-6-20)23(28)35-21-7-9-22(10-8-21)36-24(29)17-13-18(25(30)31)15-19(14-17)26(32)33/h3-10,13-15,27H,1-2,11-12H2. The van der Waals surface area contributed by atoms with Gasteiger partial charge in [0, 0.05) is 18.7 Å². The molecule has 0 unspecified atom stereocenters. The number of esters is 2. The van der Waals surface area contributed by atoms with Crippen molar-refractivity contribution < 1.29 is 38.8 Å². The third kappa shape index (κ3) is 7.08. The van der Waals surface area contributed by atoms with Crippen molar-refractivity contribution in [1.29, 1.82) is 0 Å². The fourth-order valence-corrected chi connectivity index (χ4v) is 2.92. The van der Waals surface area contributed by atoms with Crippen molar-refractivity contribution >= 4 is 23.3 Å². The maximum Gasteiger partial charge on any atom is 0.344 e. The van der Waals surface area contributed by atoms with Crippen molar-refractivity contribution in [2.75, 3.05) is 13.2 Å². The number of hydrogen-bond acceptors (Lipinski definition) is 10. The first-order valence-electron chi connectivity index (χ1n) is 10.6. The lowest BCUT2D eigenvalue weighted by Gasteiger charge is -2.08. The zero-order valence-electron chi connectivity index (χ0n) is 18.7. The summed E-state index contributed by atoms with van der Waals surface area (Å²) in [5.74, 6) is -0.905. The van der Waals surface area contributed by atoms with Gasteiger partial charge in [-0.3, -0.25) is 20.2 Å². The average Bonchev–Trinajstić information content (AvgIpc) is 2.87. The number of aliphatic hydroxyl groups is 1. The molecule has 0 saturated heterocycles. The lowest BCUT2D eigenvalue weighted by Crippen LogP contribution is -2.10. The molecule has 12 heteroatoms. The maximum atomic E-state index is 12.4. The van der Waals surface area contributed by atoms with Crippen molar-refractivity contribution in [1.82, 2.24) is 0 Å². The smallest absolute Gasteiger partial charge is 0.344 e. The first kappa shape index (κ1) is 25.8. The summed E-state index contributed by atoms with van der Waals surface area (Å²) in [4.78, 5) is 45.0. The van der Waals surface area contributed by atoms with Gasteiger partial charge in [-0.05, 0) is 61.4 Å². The summed E-state index contributed by atoms with van der Waals surface area (Å²) >= 11 is 0. The highest BCUT2D eigenvalue weighted by atomic mass is 16.6. The predicted molar refractivity (Wildman–Crippen MR) is 124 cm³/mol. The Labute approximate surface area is 203 Å². The zero-order chi connectivity index (χ0) is 26.1. The molecule has 0 aliphatic carbocycles. The van der Waals surface area contributed by atoms with Gasteiger partial charge in [0.05, 0.1) is 33.6 Å². The number of nitro benzene ring substituents is 2. The van der Waals surface area contributed by atoms with Gasteiger partial charge in [-0.25, -0.2) is 9.59 Å². The van der Waals surface area contributed by atoms with Gasteiger partial charge in [-0.15, -0.1) is 0 Å². The van der Waals surface area contributed by atoms with Gasteiger partial charge in [0.25, 0.3) is 11.4 Å². The minimum atomic E-state index is -1.04. The molecule has 3 aromatic carbocycles. The Kier molecular flexibility index (Phi) is 8.62. The normalized spacial score (nSPS) is 10.4. The Morgan fingerprint density at radius 3 is 1.64 bits per heavy atom. The third-order valence-corrected chi connectivity index (χ3v) is 4.72. The molecule has 0 heterocycles. The summed E-state index contributed by atoms with van der Waals surface area (Å²) in [6.07, 6.45) is 1.34. The predicted octanol–water partition coefficient (Wildman–Crippen LogP) is 4.09. The van der Waals surface area contributed by atoms with Gasteiger partial charge in [0.15, 0.2) is 0 Å². The number of unbranched alkanes of at least 4 members (excludes halogenated alkanes) is 1. The van der Waals surface area contributed by atoms with Crippen LogP contribution in [0.25, 0.3) is 0 Å². The van der Waals surface area contributed by atoms with Crippen LogP contribution >= 0.6 is 0 Å². The number of benzene rings is 3. The van der Waals surface area contributed by atoms with Gasteiger partial charge in [0.1, 0.15) is 17.2 Å². The van der Waals surface area contributed by atoms with Crippen LogP contribution < -0.4 is 14.2 Å². The molecule has 0 saturated carbocycles. The van der Waals surface area contributed by atoms with Crippen LogP contribution in [0.5, 0.6) is 17.2 Å². The van der Waals surface area contributed by atoms with E-state index in [-0.39, 0.29) is 29.2 Å². The molecule has 3 aromatic rings. The SMILES string of the molecule is O=C(Oc1ccc(OC(=O)c2cc([N+](=O)[O-])cc([N+](=O)[O-])c2)cc1)c1ccc(OCCCCO)cc1. The van der Waals surface area contributed by atoms with Crippen LogP contribution in [0.4, 0.5) is 11.4 Å². The van der Waals surface area contributed by atoms with Crippen molar-refractivity contribution in [2.45, 2.75) is 12.8 Å². The van der Waals surface area contributed by atoms with Crippen LogP contribution in [0, 0.1) is 20.2 Å². The second-order valence-corrected chi connectivity index (χ2v) is 7.31. The topological polar surface area (TPSA) is 168 Å². The summed E-state index contributed by atoms with van der Waals surface area (Å²) in [7, 11) is 0. The molecule has 12 nitrogen and oxygen atoms in total. The minimum absolute atomic E-state index is 0.0247. The molecular weight excluding hydrogens is 476 g/mol. The number of hydrogen-bond donors (Lipinski definition) is 1. The second-order valence-electron chi connectivity index (χ2n) is 7.31. The Balaban J connectivity index is 1.60. The van der Waals surface area contributed by atoms with Gasteiger partial charge in [-0.1, -0.05) is 0 Å². The lowest BCUT2D eigenvalue weighted by atomic mass is 10.2. The molecule has 0 radical (unpaired) electrons. The fourth-order valence-electron chi connectivity index (χ4n) is 2.92. The molecule has 0 fully saturated rings. The van der Waals surface area contributed by atoms with Gasteiger partial charge in [-0.2, -0.15) is 0 Å². The molecule has 0 spiro atoms. The number of ether oxygens (including phenoxy) is 3. The van der Waals surface area contributed by atoms with E-state index < -0.39 is 33.2 Å². The van der Waals surface area contributed by atoms with E-state index >= 15 is 0 Å². The van der Waals surface area contributed by atoms with E-state index in [2.05, 4.69) is 0 Å². The summed E-state index contributed by atoms with van der Waals surface area (Å²) in [6.45, 7) is 0.541. The lowest BCUT2D eigenvalue weighted by molar-refractivity contribution is -0.394. The zero-order valence-corrected chi connectivity index (χ0v) is 18.7. The highest BCUT2D eigenvalue weighted by Gasteiger charge is 2.21. The molecule has 186 valence electrons. The van der Waals surface area contributed by atoms with Crippen LogP contribution in [0.1, 0.15) is 33.6 Å². The molecular formula is C24H20N2O10. The number of aliphatic hydroxyl groups excluding tert-OH is 1. The summed E-state index contributed by atoms with van der Waals surface area (Å²) in [5, 5.41) is 30.8. The largest absolute Gasteiger partial charge is 0.494 e. The molecule has 3 rings (SSSR count). The van der Waals surface area contributed by atoms with E-state index in [9.17, 15) is 29.8 Å². The molecule has 1 N–H and O–H groups in total. The van der Waals surface area contributed by atoms with E-state index in [1.165, 1.54) is 36.4 Å². The Bertz CT molecular complexity index is 1220. The monoisotopic (exact) mass is 496 g/mol. The number of rotatable bonds is 11. The van der Waals surface area contributed by atoms with E-state index in [0.717, 1.165) is 18.2 Å². The summed E-state index contributed by atoms with van der Waals surface area (Å²) < 4.78 is 15.9. The average molecular weight is 496 g/mol. The van der Waals surface area contributed by atoms with E-state index in [1.54, 1.807) is 12.1 Å². The molecule has 0 atom stereocenters. The maximum absolute atomic E-state index is 12.4. The molecule has 0 aliphatic rings. The third-order valence-electron chi connectivity index (χ3n) is 4.72. The number of nitro groups is 2. The number of nitrogens with zero attached hydrogens (tertiary/aromatic N) is 2. The van der Waals surface area contributed by atoms with Gasteiger partial charge >= 0.3 is 11.9 Å². The van der Waals surface area contributed by atoms with Crippen LogP contribution in [-0.4, -0.2) is 40.1 Å². The fraction of sp³-hybridized carbons (Fsp3) is 0.167. The summed E-state index contributed by atoms with van der Waals surface area (Å²) in [5.41, 5.74) is -1.34. The molecule has 0 bridgehead atoms. The first-order chi connectivity index (χ1) is 17.3. The Morgan fingerprint density at radius 1 is 0.694 bits per heavy atom. The van der Waals surface area contributed by atoms with Gasteiger partial charge in [0.2, 0.25) is 0 Å². The van der Waals surface area contributed by atoms with Crippen LogP contribution in [0.2, 0.25) is 0 Å². The molecule has 0 amide bonds. The molecule has 0 aliphatic heterocycles. The van der Waals surface area contributed by atoms with E-state index in [1.807, 2.05) is 0 Å². The summed E-state index contributed by atoms with van der Waals surface area (Å²) in [6, 6.07) is 14.2. The van der Waals surface area contributed by atoms with E-state index in [0.29, 0.717) is 25.2 Å². The minimum Gasteiger partial charge on any atom is -0.494 e. The van der Waals surface area contributed by atoms with E-state index in [4.69, 9.17) is 19.3 Å². The number of carbonyl (C=O) groups excluding carboxylic acids is 2. The Hall–Kier alpha value is -4.84. The second kappa shape index (κ2) is 12.0. The number of carbonyl (C=O) groups is 2. The highest BCUT2D eigenvalue weighted by molar-refractivity contribution is 5.93. The quantitative estimate of drug-likeness (QED) is 0.134.